The van der Waals surface area contributed by atoms with Crippen molar-refractivity contribution in [1.29, 1.82) is 0 Å². The van der Waals surface area contributed by atoms with Crippen LogP contribution in [-0.4, -0.2) is 12.4 Å². The summed E-state index contributed by atoms with van der Waals surface area (Å²) < 4.78 is 67.4. The van der Waals surface area contributed by atoms with Crippen molar-refractivity contribution in [2.45, 2.75) is 12.4 Å². The topological polar surface area (TPSA) is 0 Å². The first-order valence-electron chi connectivity index (χ1n) is 2.15. The molecule has 0 radical (unpaired) electrons. The number of rotatable bonds is 0. The van der Waals surface area contributed by atoms with Gasteiger partial charge in [0.25, 0.3) is 0 Å². The lowest BCUT2D eigenvalue weighted by Crippen LogP contribution is -2.12. The van der Waals surface area contributed by atoms with Gasteiger partial charge in [0, 0.05) is 6.08 Å². The second-order valence-corrected chi connectivity index (χ2v) is 1.94. The first kappa shape index (κ1) is 10.6. The molecule has 0 amide bonds. The zero-order valence-corrected chi connectivity index (χ0v) is 5.48. The normalized spacial score (nSPS) is 15.4. The van der Waals surface area contributed by atoms with E-state index in [1.165, 1.54) is 0 Å². The molecule has 0 atom stereocenters. The van der Waals surface area contributed by atoms with Gasteiger partial charge in [-0.1, -0.05) is 11.6 Å². The third kappa shape index (κ3) is 4.94. The summed E-state index contributed by atoms with van der Waals surface area (Å²) in [5, 5.41) is -2.18. The summed E-state index contributed by atoms with van der Waals surface area (Å²) in [4.78, 5) is 0. The molecule has 0 spiro atoms. The van der Waals surface area contributed by atoms with Crippen LogP contribution in [0.1, 0.15) is 0 Å². The van der Waals surface area contributed by atoms with Gasteiger partial charge in [0.1, 0.15) is 5.03 Å². The molecule has 0 aromatic heterocycles. The molecular formula is C4HClF6. The monoisotopic (exact) mass is 198 g/mol. The summed E-state index contributed by atoms with van der Waals surface area (Å²) >= 11 is 4.26. The molecule has 0 nitrogen and oxygen atoms in total. The number of halogens is 7. The molecular weight excluding hydrogens is 197 g/mol. The second kappa shape index (κ2) is 2.92. The molecule has 0 saturated carbocycles. The van der Waals surface area contributed by atoms with Crippen molar-refractivity contribution in [3.63, 3.8) is 0 Å². The van der Waals surface area contributed by atoms with Gasteiger partial charge < -0.3 is 0 Å². The Morgan fingerprint density at radius 2 is 1.36 bits per heavy atom. The fraction of sp³-hybridized carbons (Fsp3) is 0.500. The molecule has 0 fully saturated rings. The minimum absolute atomic E-state index is 1.01. The van der Waals surface area contributed by atoms with E-state index in [2.05, 4.69) is 11.6 Å². The van der Waals surface area contributed by atoms with E-state index >= 15 is 0 Å². The Kier molecular flexibility index (Phi) is 2.82. The van der Waals surface area contributed by atoms with Gasteiger partial charge in [0.15, 0.2) is 0 Å². The maximum atomic E-state index is 11.3. The van der Waals surface area contributed by atoms with Crippen LogP contribution < -0.4 is 0 Å². The molecule has 0 saturated heterocycles. The van der Waals surface area contributed by atoms with E-state index in [0.29, 0.717) is 0 Å². The maximum absolute atomic E-state index is 11.3. The van der Waals surface area contributed by atoms with Crippen LogP contribution in [0.3, 0.4) is 0 Å². The minimum Gasteiger partial charge on any atom is -0.167 e. The van der Waals surface area contributed by atoms with Crippen molar-refractivity contribution in [3.8, 4) is 0 Å². The first-order chi connectivity index (χ1) is 4.63. The maximum Gasteiger partial charge on any atom is 0.426 e. The second-order valence-electron chi connectivity index (χ2n) is 1.53. The summed E-state index contributed by atoms with van der Waals surface area (Å²) in [6.07, 6.45) is -11.2. The number of hydrogen-bond acceptors (Lipinski definition) is 0. The Hall–Kier alpha value is -0.390. The van der Waals surface area contributed by atoms with Crippen molar-refractivity contribution >= 4 is 11.6 Å². The van der Waals surface area contributed by atoms with Gasteiger partial charge in [0.05, 0.1) is 0 Å². The zero-order valence-electron chi connectivity index (χ0n) is 4.72. The van der Waals surface area contributed by atoms with Crippen LogP contribution in [0.15, 0.2) is 11.1 Å². The zero-order chi connectivity index (χ0) is 9.28. The fourth-order valence-corrected chi connectivity index (χ4v) is 0.349. The van der Waals surface area contributed by atoms with Crippen LogP contribution in [0.2, 0.25) is 0 Å². The Morgan fingerprint density at radius 3 is 1.45 bits per heavy atom. The molecule has 0 N–H and O–H groups in total. The Labute approximate surface area is 62.4 Å². The Balaban J connectivity index is 4.49. The van der Waals surface area contributed by atoms with Gasteiger partial charge >= 0.3 is 12.4 Å². The first-order valence-corrected chi connectivity index (χ1v) is 2.53. The summed E-state index contributed by atoms with van der Waals surface area (Å²) in [5.74, 6) is 0. The molecule has 0 aromatic rings. The standard InChI is InChI=1S/C4HClF6/c5-2(4(9,10)11)1-3(6,7)8/h1H. The number of hydrogen-bond donors (Lipinski definition) is 0. The van der Waals surface area contributed by atoms with Crippen molar-refractivity contribution in [2.75, 3.05) is 0 Å². The van der Waals surface area contributed by atoms with Gasteiger partial charge in [0.2, 0.25) is 0 Å². The van der Waals surface area contributed by atoms with Crippen LogP contribution in [-0.2, 0) is 0 Å². The van der Waals surface area contributed by atoms with E-state index in [1.807, 2.05) is 0 Å². The molecule has 0 aliphatic heterocycles. The Morgan fingerprint density at radius 1 is 1.00 bits per heavy atom. The lowest BCUT2D eigenvalue weighted by Gasteiger charge is -2.05. The average Bonchev–Trinajstić information content (AvgIpc) is 1.56. The van der Waals surface area contributed by atoms with Crippen LogP contribution in [0.4, 0.5) is 26.3 Å². The molecule has 0 rings (SSSR count). The largest absolute Gasteiger partial charge is 0.426 e. The average molecular weight is 198 g/mol. The molecule has 0 aliphatic rings. The van der Waals surface area contributed by atoms with Crippen molar-refractivity contribution in [2.24, 2.45) is 0 Å². The van der Waals surface area contributed by atoms with E-state index in [0.717, 1.165) is 0 Å². The molecule has 7 heteroatoms. The predicted octanol–water partition coefficient (Wildman–Crippen LogP) is 3.23. The molecule has 0 aliphatic carbocycles. The van der Waals surface area contributed by atoms with Crippen molar-refractivity contribution in [3.05, 3.63) is 11.1 Å². The highest BCUT2D eigenvalue weighted by Gasteiger charge is 2.37. The van der Waals surface area contributed by atoms with Crippen LogP contribution in [0.25, 0.3) is 0 Å². The van der Waals surface area contributed by atoms with E-state index in [4.69, 9.17) is 0 Å². The lowest BCUT2D eigenvalue weighted by molar-refractivity contribution is -0.102. The molecule has 66 valence electrons. The van der Waals surface area contributed by atoms with Gasteiger partial charge in [-0.2, -0.15) is 26.3 Å². The van der Waals surface area contributed by atoms with E-state index in [9.17, 15) is 26.3 Å². The van der Waals surface area contributed by atoms with E-state index in [-0.39, 0.29) is 0 Å². The van der Waals surface area contributed by atoms with Crippen molar-refractivity contribution in [1.82, 2.24) is 0 Å². The van der Waals surface area contributed by atoms with E-state index in [1.54, 1.807) is 0 Å². The number of alkyl halides is 6. The van der Waals surface area contributed by atoms with Gasteiger partial charge in [-0.05, 0) is 0 Å². The Bertz CT molecular complexity index is 162. The van der Waals surface area contributed by atoms with Crippen LogP contribution in [0.5, 0.6) is 0 Å². The summed E-state index contributed by atoms with van der Waals surface area (Å²) in [6, 6.07) is 0. The minimum atomic E-state index is -5.13. The van der Waals surface area contributed by atoms with Crippen molar-refractivity contribution < 1.29 is 26.3 Å². The van der Waals surface area contributed by atoms with Crippen LogP contribution >= 0.6 is 11.6 Å². The van der Waals surface area contributed by atoms with Gasteiger partial charge in [-0.3, -0.25) is 0 Å². The highest BCUT2D eigenvalue weighted by atomic mass is 35.5. The summed E-state index contributed by atoms with van der Waals surface area (Å²) in [6.45, 7) is 0. The molecule has 0 heterocycles. The summed E-state index contributed by atoms with van der Waals surface area (Å²) in [7, 11) is 0. The molecule has 0 aromatic carbocycles. The van der Waals surface area contributed by atoms with Gasteiger partial charge in [-0.15, -0.1) is 0 Å². The molecule has 0 bridgehead atoms. The highest BCUT2D eigenvalue weighted by molar-refractivity contribution is 6.30. The molecule has 11 heavy (non-hydrogen) atoms. The predicted molar refractivity (Wildman–Crippen MR) is 26.0 cm³/mol. The van der Waals surface area contributed by atoms with E-state index < -0.39 is 23.5 Å². The highest BCUT2D eigenvalue weighted by Crippen LogP contribution is 2.32. The quantitative estimate of drug-likeness (QED) is 0.524. The smallest absolute Gasteiger partial charge is 0.167 e. The fourth-order valence-electron chi connectivity index (χ4n) is 0.226. The lowest BCUT2D eigenvalue weighted by atomic mass is 10.5. The molecule has 0 unspecified atom stereocenters. The van der Waals surface area contributed by atoms with Gasteiger partial charge in [-0.25, -0.2) is 0 Å². The SMILES string of the molecule is FC(F)(F)C=C(Cl)C(F)(F)F. The number of allylic oxidation sites excluding steroid dienone is 2. The summed E-state index contributed by atoms with van der Waals surface area (Å²) in [5.41, 5.74) is 0. The third-order valence-corrected chi connectivity index (χ3v) is 0.885. The third-order valence-electron chi connectivity index (χ3n) is 0.561. The van der Waals surface area contributed by atoms with Crippen LogP contribution in [0, 0.1) is 0 Å².